The first kappa shape index (κ1) is 21.4. The molecule has 2 rings (SSSR count). The van der Waals surface area contributed by atoms with Crippen LogP contribution in [0.2, 0.25) is 0 Å². The molecule has 2 N–H and O–H groups in total. The van der Waals surface area contributed by atoms with Crippen molar-refractivity contribution < 1.29 is 14.5 Å². The molecule has 1 aromatic heterocycles. The lowest BCUT2D eigenvalue weighted by Crippen LogP contribution is -3.13. The number of piperidine rings is 1. The number of thioether (sulfide) groups is 1. The van der Waals surface area contributed by atoms with Gasteiger partial charge in [-0.1, -0.05) is 17.8 Å². The second-order valence-corrected chi connectivity index (χ2v) is 7.90. The predicted octanol–water partition coefficient (Wildman–Crippen LogP) is -0.628. The highest BCUT2D eigenvalue weighted by molar-refractivity contribution is 7.99. The molecule has 0 aromatic carbocycles. The van der Waals surface area contributed by atoms with Crippen LogP contribution in [0.4, 0.5) is 0 Å². The Hall–Kier alpha value is -1.87. The van der Waals surface area contributed by atoms with Gasteiger partial charge in [0.05, 0.1) is 38.4 Å². The zero-order valence-electron chi connectivity index (χ0n) is 16.4. The van der Waals surface area contributed by atoms with Crippen LogP contribution in [0.1, 0.15) is 25.1 Å². The van der Waals surface area contributed by atoms with Crippen LogP contribution in [-0.4, -0.2) is 77.5 Å². The molecule has 0 saturated carbocycles. The molecule has 0 unspecified atom stereocenters. The standard InChI is InChI=1S/C18H30N6O2S/c1-4-9-24-15(8-12-23-10-6-5-7-11-23)20-21-18(24)27-14-16(25)19-13-17(26)22(2)3/h4H,1,5-14H2,2-3H3,(H,19,25)/p+1. The van der Waals surface area contributed by atoms with Crippen molar-refractivity contribution >= 4 is 23.6 Å². The zero-order valence-corrected chi connectivity index (χ0v) is 17.2. The normalized spacial score (nSPS) is 14.7. The molecule has 0 atom stereocenters. The summed E-state index contributed by atoms with van der Waals surface area (Å²) in [6, 6.07) is 0. The van der Waals surface area contributed by atoms with Crippen molar-refractivity contribution in [3.05, 3.63) is 18.5 Å². The molecule has 1 fully saturated rings. The van der Waals surface area contributed by atoms with Gasteiger partial charge in [0.2, 0.25) is 11.8 Å². The second kappa shape index (κ2) is 11.1. The summed E-state index contributed by atoms with van der Waals surface area (Å²) in [6.45, 7) is 7.99. The van der Waals surface area contributed by atoms with Gasteiger partial charge in [-0.15, -0.1) is 16.8 Å². The first-order valence-electron chi connectivity index (χ1n) is 9.47. The molecule has 1 aromatic rings. The van der Waals surface area contributed by atoms with Gasteiger partial charge in [0, 0.05) is 20.6 Å². The summed E-state index contributed by atoms with van der Waals surface area (Å²) in [5.74, 6) is 0.819. The van der Waals surface area contributed by atoms with Gasteiger partial charge < -0.3 is 19.7 Å². The highest BCUT2D eigenvalue weighted by Gasteiger charge is 2.18. The summed E-state index contributed by atoms with van der Waals surface area (Å²) < 4.78 is 2.03. The van der Waals surface area contributed by atoms with Gasteiger partial charge in [0.15, 0.2) is 5.16 Å². The number of carbonyl (C=O) groups is 2. The molecular weight excluding hydrogens is 364 g/mol. The van der Waals surface area contributed by atoms with Crippen LogP contribution >= 0.6 is 11.8 Å². The average molecular weight is 396 g/mol. The molecule has 0 aliphatic carbocycles. The molecule has 0 spiro atoms. The number of carbonyl (C=O) groups excluding carboxylic acids is 2. The maximum Gasteiger partial charge on any atom is 0.241 e. The Morgan fingerprint density at radius 2 is 2.04 bits per heavy atom. The van der Waals surface area contributed by atoms with E-state index in [0.717, 1.165) is 18.8 Å². The number of rotatable bonds is 10. The summed E-state index contributed by atoms with van der Waals surface area (Å²) in [5.41, 5.74) is 0. The largest absolute Gasteiger partial charge is 0.347 e. The van der Waals surface area contributed by atoms with Crippen LogP contribution in [0, 0.1) is 0 Å². The number of likely N-dealkylation sites (N-methyl/N-ethyl adjacent to an activating group) is 1. The zero-order chi connectivity index (χ0) is 19.6. The molecule has 150 valence electrons. The fraction of sp³-hybridized carbons (Fsp3) is 0.667. The van der Waals surface area contributed by atoms with Crippen molar-refractivity contribution in [3.63, 3.8) is 0 Å². The SMILES string of the molecule is C=CCn1c(CC[NH+]2CCCCC2)nnc1SCC(=O)NCC(=O)N(C)C. The van der Waals surface area contributed by atoms with Crippen molar-refractivity contribution in [2.24, 2.45) is 0 Å². The van der Waals surface area contributed by atoms with E-state index in [0.29, 0.717) is 11.7 Å². The number of allylic oxidation sites excluding steroid dienone is 1. The number of nitrogens with one attached hydrogen (secondary N) is 2. The summed E-state index contributed by atoms with van der Waals surface area (Å²) in [4.78, 5) is 26.6. The van der Waals surface area contributed by atoms with E-state index in [1.54, 1.807) is 19.0 Å². The Kier molecular flexibility index (Phi) is 8.80. The predicted molar refractivity (Wildman–Crippen MR) is 106 cm³/mol. The maximum atomic E-state index is 12.0. The van der Waals surface area contributed by atoms with Crippen molar-refractivity contribution in [2.45, 2.75) is 37.4 Å². The molecule has 1 aliphatic rings. The molecule has 2 amide bonds. The van der Waals surface area contributed by atoms with E-state index in [9.17, 15) is 9.59 Å². The van der Waals surface area contributed by atoms with Crippen LogP contribution in [0.3, 0.4) is 0 Å². The van der Waals surface area contributed by atoms with Gasteiger partial charge in [0.25, 0.3) is 0 Å². The third kappa shape index (κ3) is 6.99. The van der Waals surface area contributed by atoms with Crippen LogP contribution in [0.5, 0.6) is 0 Å². The first-order chi connectivity index (χ1) is 13.0. The fourth-order valence-electron chi connectivity index (χ4n) is 3.03. The average Bonchev–Trinajstić information content (AvgIpc) is 3.05. The Morgan fingerprint density at radius 1 is 1.30 bits per heavy atom. The number of hydrogen-bond donors (Lipinski definition) is 2. The highest BCUT2D eigenvalue weighted by atomic mass is 32.2. The van der Waals surface area contributed by atoms with Gasteiger partial charge in [-0.2, -0.15) is 0 Å². The number of likely N-dealkylation sites (tertiary alicyclic amines) is 1. The van der Waals surface area contributed by atoms with Crippen LogP contribution < -0.4 is 10.2 Å². The van der Waals surface area contributed by atoms with Gasteiger partial charge in [-0.3, -0.25) is 9.59 Å². The summed E-state index contributed by atoms with van der Waals surface area (Å²) in [6.07, 6.45) is 6.66. The molecule has 9 heteroatoms. The lowest BCUT2D eigenvalue weighted by molar-refractivity contribution is -0.904. The monoisotopic (exact) mass is 395 g/mol. The lowest BCUT2D eigenvalue weighted by atomic mass is 10.1. The minimum atomic E-state index is -0.192. The van der Waals surface area contributed by atoms with Gasteiger partial charge in [-0.05, 0) is 19.3 Å². The first-order valence-corrected chi connectivity index (χ1v) is 10.5. The third-order valence-electron chi connectivity index (χ3n) is 4.64. The number of quaternary nitrogens is 1. The van der Waals surface area contributed by atoms with E-state index >= 15 is 0 Å². The van der Waals surface area contributed by atoms with E-state index in [-0.39, 0.29) is 24.1 Å². The molecule has 8 nitrogen and oxygen atoms in total. The Balaban J connectivity index is 1.86. The quantitative estimate of drug-likeness (QED) is 0.407. The topological polar surface area (TPSA) is 84.6 Å². The Bertz CT molecular complexity index is 640. The van der Waals surface area contributed by atoms with E-state index in [2.05, 4.69) is 22.1 Å². The van der Waals surface area contributed by atoms with Crippen LogP contribution in [0.15, 0.2) is 17.8 Å². The van der Waals surface area contributed by atoms with Gasteiger partial charge in [0.1, 0.15) is 5.82 Å². The van der Waals surface area contributed by atoms with Gasteiger partial charge >= 0.3 is 0 Å². The van der Waals surface area contributed by atoms with Crippen LogP contribution in [-0.2, 0) is 22.6 Å². The fourth-order valence-corrected chi connectivity index (χ4v) is 3.82. The Labute approximate surface area is 165 Å². The molecule has 0 bridgehead atoms. The van der Waals surface area contributed by atoms with Gasteiger partial charge in [-0.25, -0.2) is 0 Å². The number of hydrogen-bond acceptors (Lipinski definition) is 5. The molecule has 1 saturated heterocycles. The second-order valence-electron chi connectivity index (χ2n) is 6.96. The smallest absolute Gasteiger partial charge is 0.241 e. The molecule has 1 aliphatic heterocycles. The molecule has 27 heavy (non-hydrogen) atoms. The summed E-state index contributed by atoms with van der Waals surface area (Å²) >= 11 is 1.34. The number of aromatic nitrogens is 3. The summed E-state index contributed by atoms with van der Waals surface area (Å²) in [7, 11) is 3.32. The summed E-state index contributed by atoms with van der Waals surface area (Å²) in [5, 5.41) is 11.9. The Morgan fingerprint density at radius 3 is 2.70 bits per heavy atom. The minimum absolute atomic E-state index is 0.00953. The van der Waals surface area contributed by atoms with Crippen molar-refractivity contribution in [2.75, 3.05) is 46.0 Å². The number of nitrogens with zero attached hydrogens (tertiary/aromatic N) is 4. The lowest BCUT2D eigenvalue weighted by Gasteiger charge is -2.23. The van der Waals surface area contributed by atoms with Crippen molar-refractivity contribution in [1.29, 1.82) is 0 Å². The molecule has 2 heterocycles. The van der Waals surface area contributed by atoms with E-state index in [1.165, 1.54) is 49.0 Å². The molecular formula is C18H31N6O2S+. The minimum Gasteiger partial charge on any atom is -0.347 e. The number of amides is 2. The third-order valence-corrected chi connectivity index (χ3v) is 5.60. The maximum absolute atomic E-state index is 12.0. The van der Waals surface area contributed by atoms with Crippen molar-refractivity contribution in [1.82, 2.24) is 25.0 Å². The van der Waals surface area contributed by atoms with E-state index in [4.69, 9.17) is 0 Å². The van der Waals surface area contributed by atoms with E-state index in [1.807, 2.05) is 10.6 Å². The van der Waals surface area contributed by atoms with Crippen molar-refractivity contribution in [3.8, 4) is 0 Å². The van der Waals surface area contributed by atoms with E-state index < -0.39 is 0 Å². The molecule has 0 radical (unpaired) electrons. The van der Waals surface area contributed by atoms with Crippen LogP contribution in [0.25, 0.3) is 0 Å². The highest BCUT2D eigenvalue weighted by Crippen LogP contribution is 2.17.